The molecule has 218 valence electrons. The molecule has 0 aromatic heterocycles. The van der Waals surface area contributed by atoms with Gasteiger partial charge in [-0.25, -0.2) is 4.79 Å². The second kappa shape index (κ2) is 17.1. The summed E-state index contributed by atoms with van der Waals surface area (Å²) in [5.41, 5.74) is 1.15. The normalized spacial score (nSPS) is 12.7. The average molecular weight is 660 g/mol. The SMILES string of the molecule is CC(C)[C@H](CC(=O)CI)C(=O)N[C@@H](C)C(=O)Nc1ccc(COC(=O)NCCCC(=O)OCC(C)(C)C)cc1. The van der Waals surface area contributed by atoms with Gasteiger partial charge in [-0.2, -0.15) is 0 Å². The minimum Gasteiger partial charge on any atom is -0.465 e. The fraction of sp³-hybridized carbons (Fsp3) is 0.607. The quantitative estimate of drug-likeness (QED) is 0.110. The van der Waals surface area contributed by atoms with Crippen molar-refractivity contribution >= 4 is 57.9 Å². The molecule has 10 nitrogen and oxygen atoms in total. The molecule has 0 heterocycles. The number of carbonyl (C=O) groups excluding carboxylic acids is 5. The fourth-order valence-electron chi connectivity index (χ4n) is 3.24. The van der Waals surface area contributed by atoms with Gasteiger partial charge in [-0.1, -0.05) is 69.3 Å². The maximum absolute atomic E-state index is 12.6. The smallest absolute Gasteiger partial charge is 0.407 e. The highest BCUT2D eigenvalue weighted by molar-refractivity contribution is 14.1. The number of esters is 1. The number of hydrogen-bond acceptors (Lipinski definition) is 7. The van der Waals surface area contributed by atoms with Crippen LogP contribution in [-0.4, -0.2) is 53.3 Å². The van der Waals surface area contributed by atoms with Gasteiger partial charge < -0.3 is 25.4 Å². The molecule has 0 bridgehead atoms. The number of halogens is 1. The summed E-state index contributed by atoms with van der Waals surface area (Å²) in [6.07, 6.45) is 0.205. The molecule has 11 heteroatoms. The van der Waals surface area contributed by atoms with Gasteiger partial charge >= 0.3 is 12.1 Å². The molecule has 39 heavy (non-hydrogen) atoms. The molecule has 1 aromatic rings. The zero-order valence-electron chi connectivity index (χ0n) is 23.7. The Morgan fingerprint density at radius 3 is 2.15 bits per heavy atom. The predicted molar refractivity (Wildman–Crippen MR) is 157 cm³/mol. The first-order chi connectivity index (χ1) is 18.2. The molecule has 0 fully saturated rings. The van der Waals surface area contributed by atoms with Gasteiger partial charge in [-0.3, -0.25) is 19.2 Å². The van der Waals surface area contributed by atoms with Crippen LogP contribution in [0.4, 0.5) is 10.5 Å². The van der Waals surface area contributed by atoms with Crippen molar-refractivity contribution in [2.75, 3.05) is 22.9 Å². The predicted octanol–water partition coefficient (Wildman–Crippen LogP) is 4.39. The molecule has 0 unspecified atom stereocenters. The molecular formula is C28H42IN3O7. The first-order valence-corrected chi connectivity index (χ1v) is 14.6. The van der Waals surface area contributed by atoms with Gasteiger partial charge in [0.2, 0.25) is 11.8 Å². The zero-order valence-corrected chi connectivity index (χ0v) is 25.9. The number of rotatable bonds is 15. The zero-order chi connectivity index (χ0) is 29.6. The summed E-state index contributed by atoms with van der Waals surface area (Å²) in [4.78, 5) is 60.6. The molecule has 1 rings (SSSR count). The Kier molecular flexibility index (Phi) is 15.0. The average Bonchev–Trinajstić information content (AvgIpc) is 2.87. The van der Waals surface area contributed by atoms with E-state index in [1.165, 1.54) is 0 Å². The van der Waals surface area contributed by atoms with E-state index >= 15 is 0 Å². The molecular weight excluding hydrogens is 617 g/mol. The number of benzene rings is 1. The van der Waals surface area contributed by atoms with Crippen LogP contribution in [0.3, 0.4) is 0 Å². The van der Waals surface area contributed by atoms with Crippen LogP contribution in [-0.2, 0) is 35.3 Å². The molecule has 1 aromatic carbocycles. The molecule has 0 aliphatic heterocycles. The Balaban J connectivity index is 2.41. The Bertz CT molecular complexity index is 974. The van der Waals surface area contributed by atoms with Gasteiger partial charge in [0, 0.05) is 31.0 Å². The number of Topliss-reactive ketones (excluding diaryl/α,β-unsaturated/α-hetero) is 1. The summed E-state index contributed by atoms with van der Waals surface area (Å²) in [6, 6.07) is 5.97. The van der Waals surface area contributed by atoms with E-state index in [1.54, 1.807) is 31.2 Å². The minimum atomic E-state index is -0.791. The lowest BCUT2D eigenvalue weighted by molar-refractivity contribution is -0.146. The number of nitrogens with one attached hydrogen (secondary N) is 3. The van der Waals surface area contributed by atoms with E-state index < -0.39 is 24.0 Å². The largest absolute Gasteiger partial charge is 0.465 e. The Hall–Kier alpha value is -2.70. The fourth-order valence-corrected chi connectivity index (χ4v) is 3.56. The summed E-state index contributed by atoms with van der Waals surface area (Å²) in [7, 11) is 0. The van der Waals surface area contributed by atoms with E-state index in [0.717, 1.165) is 5.56 Å². The molecule has 0 aliphatic carbocycles. The third-order valence-corrected chi connectivity index (χ3v) is 6.43. The third-order valence-electron chi connectivity index (χ3n) is 5.57. The van der Waals surface area contributed by atoms with Crippen LogP contribution in [0.5, 0.6) is 0 Å². The lowest BCUT2D eigenvalue weighted by atomic mass is 9.90. The van der Waals surface area contributed by atoms with Crippen LogP contribution in [0.1, 0.15) is 66.4 Å². The van der Waals surface area contributed by atoms with Crippen molar-refractivity contribution < 1.29 is 33.4 Å². The van der Waals surface area contributed by atoms with Gasteiger partial charge in [0.1, 0.15) is 18.4 Å². The number of anilines is 1. The van der Waals surface area contributed by atoms with Crippen LogP contribution < -0.4 is 16.0 Å². The van der Waals surface area contributed by atoms with E-state index in [1.807, 2.05) is 57.2 Å². The van der Waals surface area contributed by atoms with Gasteiger partial charge in [0.25, 0.3) is 0 Å². The standard InChI is InChI=1S/C28H42IN3O7/c1-18(2)23(14-22(33)15-29)26(36)31-19(3)25(35)32-21-11-9-20(10-12-21)16-38-27(37)30-13-7-8-24(34)39-17-28(4,5)6/h9-12,18-19,23H,7-8,13-17H2,1-6H3,(H,30,37)(H,31,36)(H,32,35)/t19-,23-/m0/s1. The summed E-state index contributed by atoms with van der Waals surface area (Å²) in [5, 5.41) is 8.03. The van der Waals surface area contributed by atoms with E-state index in [2.05, 4.69) is 16.0 Å². The van der Waals surface area contributed by atoms with Crippen LogP contribution in [0.25, 0.3) is 0 Å². The highest BCUT2D eigenvalue weighted by Crippen LogP contribution is 2.17. The van der Waals surface area contributed by atoms with Crippen molar-refractivity contribution in [1.82, 2.24) is 10.6 Å². The van der Waals surface area contributed by atoms with Crippen LogP contribution in [0.15, 0.2) is 24.3 Å². The van der Waals surface area contributed by atoms with Crippen molar-refractivity contribution in [3.05, 3.63) is 29.8 Å². The summed E-state index contributed by atoms with van der Waals surface area (Å²) < 4.78 is 10.7. The van der Waals surface area contributed by atoms with E-state index in [-0.39, 0.29) is 55.0 Å². The topological polar surface area (TPSA) is 140 Å². The van der Waals surface area contributed by atoms with E-state index in [9.17, 15) is 24.0 Å². The molecule has 0 spiro atoms. The maximum atomic E-state index is 12.6. The van der Waals surface area contributed by atoms with Crippen molar-refractivity contribution in [2.24, 2.45) is 17.3 Å². The van der Waals surface area contributed by atoms with Gasteiger partial charge in [0.15, 0.2) is 0 Å². The molecule has 0 aliphatic rings. The highest BCUT2D eigenvalue weighted by atomic mass is 127. The minimum absolute atomic E-state index is 0.00300. The molecule has 3 amide bonds. The number of ketones is 1. The molecule has 2 atom stereocenters. The van der Waals surface area contributed by atoms with Crippen molar-refractivity contribution in [1.29, 1.82) is 0 Å². The lowest BCUT2D eigenvalue weighted by Crippen LogP contribution is -2.45. The number of hydrogen-bond donors (Lipinski definition) is 3. The van der Waals surface area contributed by atoms with Crippen LogP contribution in [0.2, 0.25) is 0 Å². The molecule has 0 radical (unpaired) electrons. The van der Waals surface area contributed by atoms with E-state index in [4.69, 9.17) is 9.47 Å². The molecule has 0 saturated carbocycles. The second-order valence-corrected chi connectivity index (χ2v) is 11.7. The summed E-state index contributed by atoms with van der Waals surface area (Å²) >= 11 is 1.98. The van der Waals surface area contributed by atoms with Gasteiger partial charge in [-0.15, -0.1) is 0 Å². The van der Waals surface area contributed by atoms with E-state index in [0.29, 0.717) is 23.1 Å². The van der Waals surface area contributed by atoms with Gasteiger partial charge in [0.05, 0.1) is 11.0 Å². The number of alkyl halides is 1. The lowest BCUT2D eigenvalue weighted by Gasteiger charge is -2.22. The number of ether oxygens (including phenoxy) is 2. The number of carbonyl (C=O) groups is 5. The van der Waals surface area contributed by atoms with Crippen LogP contribution in [0, 0.1) is 17.3 Å². The third kappa shape index (κ3) is 14.9. The van der Waals surface area contributed by atoms with Crippen molar-refractivity contribution in [2.45, 2.75) is 73.5 Å². The van der Waals surface area contributed by atoms with Gasteiger partial charge in [-0.05, 0) is 42.4 Å². The van der Waals surface area contributed by atoms with Crippen LogP contribution >= 0.6 is 22.6 Å². The van der Waals surface area contributed by atoms with Crippen molar-refractivity contribution in [3.63, 3.8) is 0 Å². The second-order valence-electron chi connectivity index (χ2n) is 11.0. The first kappa shape index (κ1) is 34.3. The number of amides is 3. The molecule has 3 N–H and O–H groups in total. The Morgan fingerprint density at radius 2 is 1.59 bits per heavy atom. The summed E-state index contributed by atoms with van der Waals surface area (Å²) in [5.74, 6) is -1.54. The maximum Gasteiger partial charge on any atom is 0.407 e. The Labute approximate surface area is 244 Å². The highest BCUT2D eigenvalue weighted by Gasteiger charge is 2.27. The van der Waals surface area contributed by atoms with Crippen molar-refractivity contribution in [3.8, 4) is 0 Å². The molecule has 0 saturated heterocycles. The summed E-state index contributed by atoms with van der Waals surface area (Å²) in [6.45, 7) is 11.9. The Morgan fingerprint density at radius 1 is 0.949 bits per heavy atom. The monoisotopic (exact) mass is 659 g/mol. The first-order valence-electron chi connectivity index (χ1n) is 13.1. The number of alkyl carbamates (subject to hydrolysis) is 1.